The molecule has 1 amide bonds. The monoisotopic (exact) mass is 343 g/mol. The van der Waals surface area contributed by atoms with Crippen molar-refractivity contribution in [3.63, 3.8) is 0 Å². The second kappa shape index (κ2) is 9.22. The summed E-state index contributed by atoms with van der Waals surface area (Å²) >= 11 is 0. The summed E-state index contributed by atoms with van der Waals surface area (Å²) in [5, 5.41) is 2.61. The zero-order valence-electron chi connectivity index (χ0n) is 13.7. The largest absolute Gasteiger partial charge is 0.494 e. The Morgan fingerprint density at radius 1 is 1.08 bits per heavy atom. The molecule has 0 spiro atoms. The number of ether oxygens (including phenoxy) is 2. The molecule has 0 bridgehead atoms. The molecule has 0 aliphatic carbocycles. The van der Waals surface area contributed by atoms with Gasteiger partial charge in [0.05, 0.1) is 6.61 Å². The lowest BCUT2D eigenvalue weighted by Crippen LogP contribution is -2.20. The van der Waals surface area contributed by atoms with Gasteiger partial charge in [0.15, 0.2) is 6.61 Å². The number of hydrogen-bond donors (Lipinski definition) is 1. The second-order valence-electron chi connectivity index (χ2n) is 5.00. The van der Waals surface area contributed by atoms with Crippen LogP contribution >= 0.6 is 0 Å². The molecule has 0 heterocycles. The molecule has 25 heavy (non-hydrogen) atoms. The van der Waals surface area contributed by atoms with E-state index < -0.39 is 18.5 Å². The standard InChI is InChI=1S/C19H18FNO4/c1-2-24-17-10-8-16(9-11-17)21-18(22)13-25-19(23)12-5-14-3-6-15(20)7-4-14/h3-12H,2,13H2,1H3,(H,21,22). The first-order chi connectivity index (χ1) is 12.1. The molecule has 0 aliphatic rings. The van der Waals surface area contributed by atoms with E-state index in [2.05, 4.69) is 5.32 Å². The van der Waals surface area contributed by atoms with Gasteiger partial charge in [0.2, 0.25) is 0 Å². The van der Waals surface area contributed by atoms with Crippen LogP contribution in [0.2, 0.25) is 0 Å². The summed E-state index contributed by atoms with van der Waals surface area (Å²) in [5.41, 5.74) is 1.23. The molecule has 130 valence electrons. The Kier molecular flexibility index (Phi) is 6.71. The van der Waals surface area contributed by atoms with Crippen molar-refractivity contribution in [2.75, 3.05) is 18.5 Å². The summed E-state index contributed by atoms with van der Waals surface area (Å²) in [6.45, 7) is 2.04. The molecule has 2 rings (SSSR count). The quantitative estimate of drug-likeness (QED) is 0.618. The van der Waals surface area contributed by atoms with Gasteiger partial charge in [0.1, 0.15) is 11.6 Å². The van der Waals surface area contributed by atoms with Gasteiger partial charge in [0, 0.05) is 11.8 Å². The lowest BCUT2D eigenvalue weighted by molar-refractivity contribution is -0.142. The SMILES string of the molecule is CCOc1ccc(NC(=O)COC(=O)C=Cc2ccc(F)cc2)cc1. The van der Waals surface area contributed by atoms with E-state index in [1.165, 1.54) is 36.4 Å². The van der Waals surface area contributed by atoms with Crippen molar-refractivity contribution in [3.8, 4) is 5.75 Å². The molecule has 0 aliphatic heterocycles. The van der Waals surface area contributed by atoms with Crippen LogP contribution in [0.3, 0.4) is 0 Å². The molecular formula is C19H18FNO4. The van der Waals surface area contributed by atoms with E-state index in [0.717, 1.165) is 0 Å². The number of carbonyl (C=O) groups is 2. The number of halogens is 1. The van der Waals surface area contributed by atoms with Gasteiger partial charge in [-0.15, -0.1) is 0 Å². The van der Waals surface area contributed by atoms with E-state index in [1.54, 1.807) is 24.3 Å². The summed E-state index contributed by atoms with van der Waals surface area (Å²) in [6.07, 6.45) is 2.66. The van der Waals surface area contributed by atoms with Crippen LogP contribution in [-0.2, 0) is 14.3 Å². The van der Waals surface area contributed by atoms with Gasteiger partial charge in [-0.25, -0.2) is 9.18 Å². The highest BCUT2D eigenvalue weighted by Crippen LogP contribution is 2.15. The third-order valence-electron chi connectivity index (χ3n) is 3.08. The fourth-order valence-electron chi connectivity index (χ4n) is 1.92. The highest BCUT2D eigenvalue weighted by molar-refractivity contribution is 5.94. The molecule has 0 saturated heterocycles. The number of benzene rings is 2. The topological polar surface area (TPSA) is 64.6 Å². The van der Waals surface area contributed by atoms with Gasteiger partial charge in [0.25, 0.3) is 5.91 Å². The fraction of sp³-hybridized carbons (Fsp3) is 0.158. The van der Waals surface area contributed by atoms with E-state index in [9.17, 15) is 14.0 Å². The van der Waals surface area contributed by atoms with Crippen molar-refractivity contribution in [1.82, 2.24) is 0 Å². The van der Waals surface area contributed by atoms with Crippen LogP contribution in [0.4, 0.5) is 10.1 Å². The van der Waals surface area contributed by atoms with E-state index in [4.69, 9.17) is 9.47 Å². The molecule has 2 aromatic rings. The number of anilines is 1. The minimum absolute atomic E-state index is 0.356. The minimum atomic E-state index is -0.661. The smallest absolute Gasteiger partial charge is 0.331 e. The van der Waals surface area contributed by atoms with Crippen LogP contribution in [0.15, 0.2) is 54.6 Å². The van der Waals surface area contributed by atoms with Crippen molar-refractivity contribution in [2.45, 2.75) is 6.92 Å². The molecule has 5 nitrogen and oxygen atoms in total. The van der Waals surface area contributed by atoms with Gasteiger partial charge >= 0.3 is 5.97 Å². The van der Waals surface area contributed by atoms with Crippen LogP contribution in [0.5, 0.6) is 5.75 Å². The molecule has 0 atom stereocenters. The lowest BCUT2D eigenvalue weighted by atomic mass is 10.2. The predicted molar refractivity (Wildman–Crippen MR) is 92.6 cm³/mol. The summed E-state index contributed by atoms with van der Waals surface area (Å²) in [4.78, 5) is 23.3. The molecule has 2 aromatic carbocycles. The number of nitrogens with one attached hydrogen (secondary N) is 1. The van der Waals surface area contributed by atoms with Gasteiger partial charge < -0.3 is 14.8 Å². The van der Waals surface area contributed by atoms with Crippen molar-refractivity contribution in [2.24, 2.45) is 0 Å². The van der Waals surface area contributed by atoms with Gasteiger partial charge in [-0.1, -0.05) is 12.1 Å². The zero-order valence-corrected chi connectivity index (χ0v) is 13.7. The molecule has 0 fully saturated rings. The summed E-state index contributed by atoms with van der Waals surface area (Å²) in [6, 6.07) is 12.5. The molecular weight excluding hydrogens is 325 g/mol. The predicted octanol–water partition coefficient (Wildman–Crippen LogP) is 3.42. The lowest BCUT2D eigenvalue weighted by Gasteiger charge is -2.07. The van der Waals surface area contributed by atoms with Crippen LogP contribution in [0.25, 0.3) is 6.08 Å². The molecule has 0 saturated carbocycles. The molecule has 0 unspecified atom stereocenters. The normalized spacial score (nSPS) is 10.5. The van der Waals surface area contributed by atoms with Crippen molar-refractivity contribution in [1.29, 1.82) is 0 Å². The van der Waals surface area contributed by atoms with E-state index in [1.807, 2.05) is 6.92 Å². The van der Waals surface area contributed by atoms with Gasteiger partial charge in [-0.05, 0) is 55.0 Å². The third kappa shape index (κ3) is 6.47. The van der Waals surface area contributed by atoms with Crippen LogP contribution in [-0.4, -0.2) is 25.1 Å². The number of carbonyl (C=O) groups excluding carboxylic acids is 2. The summed E-state index contributed by atoms with van der Waals surface area (Å²) in [7, 11) is 0. The van der Waals surface area contributed by atoms with Crippen molar-refractivity contribution >= 4 is 23.6 Å². The maximum atomic E-state index is 12.8. The zero-order chi connectivity index (χ0) is 18.1. The van der Waals surface area contributed by atoms with Gasteiger partial charge in [-0.2, -0.15) is 0 Å². The first-order valence-corrected chi connectivity index (χ1v) is 7.70. The van der Waals surface area contributed by atoms with E-state index >= 15 is 0 Å². The highest BCUT2D eigenvalue weighted by atomic mass is 19.1. The van der Waals surface area contributed by atoms with Gasteiger partial charge in [-0.3, -0.25) is 4.79 Å². The minimum Gasteiger partial charge on any atom is -0.494 e. The maximum Gasteiger partial charge on any atom is 0.331 e. The van der Waals surface area contributed by atoms with E-state index in [0.29, 0.717) is 23.6 Å². The van der Waals surface area contributed by atoms with E-state index in [-0.39, 0.29) is 5.82 Å². The average Bonchev–Trinajstić information content (AvgIpc) is 2.61. The average molecular weight is 343 g/mol. The second-order valence-corrected chi connectivity index (χ2v) is 5.00. The first kappa shape index (κ1) is 18.2. The Labute approximate surface area is 145 Å². The Hall–Kier alpha value is -3.15. The number of esters is 1. The Bertz CT molecular complexity index is 739. The Morgan fingerprint density at radius 2 is 1.76 bits per heavy atom. The number of rotatable bonds is 7. The van der Waals surface area contributed by atoms with Crippen LogP contribution < -0.4 is 10.1 Å². The third-order valence-corrected chi connectivity index (χ3v) is 3.08. The Balaban J connectivity index is 1.76. The maximum absolute atomic E-state index is 12.8. The summed E-state index contributed by atoms with van der Waals surface area (Å²) in [5.74, 6) is -0.762. The fourth-order valence-corrected chi connectivity index (χ4v) is 1.92. The number of hydrogen-bond acceptors (Lipinski definition) is 4. The summed E-state index contributed by atoms with van der Waals surface area (Å²) < 4.78 is 22.9. The molecule has 0 aromatic heterocycles. The van der Waals surface area contributed by atoms with Crippen LogP contribution in [0.1, 0.15) is 12.5 Å². The molecule has 1 N–H and O–H groups in total. The van der Waals surface area contributed by atoms with Crippen molar-refractivity contribution < 1.29 is 23.5 Å². The Morgan fingerprint density at radius 3 is 2.40 bits per heavy atom. The highest BCUT2D eigenvalue weighted by Gasteiger charge is 2.06. The first-order valence-electron chi connectivity index (χ1n) is 7.70. The van der Waals surface area contributed by atoms with Crippen LogP contribution in [0, 0.1) is 5.82 Å². The van der Waals surface area contributed by atoms with Crippen molar-refractivity contribution in [3.05, 3.63) is 66.0 Å². The molecule has 6 heteroatoms. The molecule has 0 radical (unpaired) electrons. The number of amides is 1.